The first kappa shape index (κ1) is 16.7. The second kappa shape index (κ2) is 5.99. The first-order valence-corrected chi connectivity index (χ1v) is 6.37. The lowest BCUT2D eigenvalue weighted by molar-refractivity contribution is -0.186. The van der Waals surface area contributed by atoms with Crippen LogP contribution in [-0.4, -0.2) is 53.2 Å². The molecule has 0 aromatic carbocycles. The number of nitrogens with one attached hydrogen (secondary N) is 1. The van der Waals surface area contributed by atoms with Crippen LogP contribution in [-0.2, 0) is 9.59 Å². The van der Waals surface area contributed by atoms with E-state index in [1.165, 1.54) is 13.8 Å². The van der Waals surface area contributed by atoms with Crippen molar-refractivity contribution < 1.29 is 27.9 Å². The third-order valence-corrected chi connectivity index (χ3v) is 3.09. The number of likely N-dealkylation sites (tertiary alicyclic amines) is 1. The predicted molar refractivity (Wildman–Crippen MR) is 64.7 cm³/mol. The van der Waals surface area contributed by atoms with Crippen molar-refractivity contribution in [2.45, 2.75) is 38.5 Å². The summed E-state index contributed by atoms with van der Waals surface area (Å²) in [5.74, 6) is -2.58. The number of aliphatic hydroxyl groups is 1. The van der Waals surface area contributed by atoms with Crippen LogP contribution in [0.5, 0.6) is 0 Å². The second-order valence-electron chi connectivity index (χ2n) is 5.59. The minimum atomic E-state index is -4.87. The van der Waals surface area contributed by atoms with E-state index in [9.17, 15) is 27.9 Å². The van der Waals surface area contributed by atoms with Crippen molar-refractivity contribution in [3.05, 3.63) is 0 Å². The van der Waals surface area contributed by atoms with E-state index in [0.717, 1.165) is 4.90 Å². The molecule has 2 amide bonds. The van der Waals surface area contributed by atoms with Gasteiger partial charge < -0.3 is 15.3 Å². The van der Waals surface area contributed by atoms with Crippen LogP contribution in [0.1, 0.15) is 26.7 Å². The highest BCUT2D eigenvalue weighted by Gasteiger charge is 2.43. The van der Waals surface area contributed by atoms with Gasteiger partial charge in [0.05, 0.1) is 5.60 Å². The summed E-state index contributed by atoms with van der Waals surface area (Å²) in [5.41, 5.74) is -1.04. The van der Waals surface area contributed by atoms with Gasteiger partial charge in [0.25, 0.3) is 0 Å². The van der Waals surface area contributed by atoms with Gasteiger partial charge in [0.1, 0.15) is 0 Å². The summed E-state index contributed by atoms with van der Waals surface area (Å²) in [6, 6.07) is 0. The summed E-state index contributed by atoms with van der Waals surface area (Å²) in [6.45, 7) is 2.99. The molecule has 1 saturated heterocycles. The molecule has 0 saturated carbocycles. The largest absolute Gasteiger partial charge is 0.471 e. The van der Waals surface area contributed by atoms with Crippen LogP contribution in [0.15, 0.2) is 0 Å². The standard InChI is InChI=1S/C12H19F3N2O3/c1-11(2,20)7-16-9(18)8-3-5-17(6-4-8)10(19)12(13,14)15/h8,20H,3-7H2,1-2H3,(H,16,18). The fourth-order valence-electron chi connectivity index (χ4n) is 1.97. The van der Waals surface area contributed by atoms with Crippen LogP contribution < -0.4 is 5.32 Å². The van der Waals surface area contributed by atoms with Crippen molar-refractivity contribution in [2.75, 3.05) is 19.6 Å². The molecule has 1 heterocycles. The molecule has 0 spiro atoms. The minimum absolute atomic E-state index is 0.0769. The van der Waals surface area contributed by atoms with Gasteiger partial charge in [-0.25, -0.2) is 0 Å². The van der Waals surface area contributed by atoms with Gasteiger partial charge in [-0.3, -0.25) is 9.59 Å². The molecule has 1 fully saturated rings. The fourth-order valence-corrected chi connectivity index (χ4v) is 1.97. The molecule has 8 heteroatoms. The lowest BCUT2D eigenvalue weighted by Crippen LogP contribution is -2.48. The van der Waals surface area contributed by atoms with Gasteiger partial charge in [0.2, 0.25) is 5.91 Å². The molecular weight excluding hydrogens is 277 g/mol. The van der Waals surface area contributed by atoms with Crippen molar-refractivity contribution in [1.82, 2.24) is 10.2 Å². The number of rotatable bonds is 3. The van der Waals surface area contributed by atoms with Crippen LogP contribution in [0.3, 0.4) is 0 Å². The number of nitrogens with zero attached hydrogens (tertiary/aromatic N) is 1. The number of amides is 2. The SMILES string of the molecule is CC(C)(O)CNC(=O)C1CCN(C(=O)C(F)(F)F)CC1. The monoisotopic (exact) mass is 296 g/mol. The van der Waals surface area contributed by atoms with Gasteiger partial charge in [0, 0.05) is 25.6 Å². The highest BCUT2D eigenvalue weighted by atomic mass is 19.4. The maximum atomic E-state index is 12.2. The Morgan fingerprint density at radius 1 is 1.25 bits per heavy atom. The number of hydrogen-bond donors (Lipinski definition) is 2. The summed E-state index contributed by atoms with van der Waals surface area (Å²) >= 11 is 0. The number of hydrogen-bond acceptors (Lipinski definition) is 3. The van der Waals surface area contributed by atoms with Crippen molar-refractivity contribution >= 4 is 11.8 Å². The maximum Gasteiger partial charge on any atom is 0.471 e. The van der Waals surface area contributed by atoms with E-state index in [4.69, 9.17) is 0 Å². The Hall–Kier alpha value is -1.31. The summed E-state index contributed by atoms with van der Waals surface area (Å²) < 4.78 is 36.7. The minimum Gasteiger partial charge on any atom is -0.389 e. The molecule has 116 valence electrons. The van der Waals surface area contributed by atoms with E-state index in [1.807, 2.05) is 0 Å². The third kappa shape index (κ3) is 4.99. The molecule has 1 aliphatic rings. The second-order valence-corrected chi connectivity index (χ2v) is 5.59. The van der Waals surface area contributed by atoms with E-state index >= 15 is 0 Å². The first-order chi connectivity index (χ1) is 9.00. The fraction of sp³-hybridized carbons (Fsp3) is 0.833. The number of carbonyl (C=O) groups excluding carboxylic acids is 2. The maximum absolute atomic E-state index is 12.2. The van der Waals surface area contributed by atoms with E-state index < -0.39 is 23.6 Å². The zero-order chi connectivity index (χ0) is 15.6. The molecule has 0 radical (unpaired) electrons. The average molecular weight is 296 g/mol. The molecular formula is C12H19F3N2O3. The van der Waals surface area contributed by atoms with E-state index in [0.29, 0.717) is 0 Å². The number of piperidine rings is 1. The molecule has 0 aromatic rings. The summed E-state index contributed by atoms with van der Waals surface area (Å²) in [6.07, 6.45) is -4.48. The van der Waals surface area contributed by atoms with Crippen LogP contribution in [0, 0.1) is 5.92 Å². The quantitative estimate of drug-likeness (QED) is 0.804. The molecule has 1 rings (SSSR count). The van der Waals surface area contributed by atoms with Gasteiger partial charge >= 0.3 is 12.1 Å². The topological polar surface area (TPSA) is 69.6 Å². The van der Waals surface area contributed by atoms with Crippen molar-refractivity contribution in [3.63, 3.8) is 0 Å². The van der Waals surface area contributed by atoms with Gasteiger partial charge in [-0.1, -0.05) is 0 Å². The highest BCUT2D eigenvalue weighted by Crippen LogP contribution is 2.24. The van der Waals surface area contributed by atoms with Crippen LogP contribution in [0.4, 0.5) is 13.2 Å². The lowest BCUT2D eigenvalue weighted by atomic mass is 9.95. The zero-order valence-corrected chi connectivity index (χ0v) is 11.5. The third-order valence-electron chi connectivity index (χ3n) is 3.09. The van der Waals surface area contributed by atoms with Crippen molar-refractivity contribution in [1.29, 1.82) is 0 Å². The Morgan fingerprint density at radius 3 is 2.15 bits per heavy atom. The molecule has 0 bridgehead atoms. The van der Waals surface area contributed by atoms with E-state index in [-0.39, 0.29) is 38.4 Å². The number of carbonyl (C=O) groups is 2. The van der Waals surface area contributed by atoms with E-state index in [2.05, 4.69) is 5.32 Å². The molecule has 1 aliphatic heterocycles. The number of halogens is 3. The molecule has 20 heavy (non-hydrogen) atoms. The first-order valence-electron chi connectivity index (χ1n) is 6.37. The Labute approximate surface area is 115 Å². The normalized spacial score (nSPS) is 18.0. The Balaban J connectivity index is 2.42. The Kier molecular flexibility index (Phi) is 5.01. The van der Waals surface area contributed by atoms with Crippen LogP contribution in [0.25, 0.3) is 0 Å². The smallest absolute Gasteiger partial charge is 0.389 e. The van der Waals surface area contributed by atoms with Gasteiger partial charge in [-0.15, -0.1) is 0 Å². The van der Waals surface area contributed by atoms with Gasteiger partial charge in [-0.2, -0.15) is 13.2 Å². The molecule has 0 aromatic heterocycles. The molecule has 0 unspecified atom stereocenters. The van der Waals surface area contributed by atoms with Crippen LogP contribution >= 0.6 is 0 Å². The predicted octanol–water partition coefficient (Wildman–Crippen LogP) is 0.674. The van der Waals surface area contributed by atoms with Gasteiger partial charge in [-0.05, 0) is 26.7 Å². The van der Waals surface area contributed by atoms with Crippen LogP contribution in [0.2, 0.25) is 0 Å². The van der Waals surface area contributed by atoms with Crippen molar-refractivity contribution in [2.24, 2.45) is 5.92 Å². The van der Waals surface area contributed by atoms with E-state index in [1.54, 1.807) is 0 Å². The zero-order valence-electron chi connectivity index (χ0n) is 11.5. The lowest BCUT2D eigenvalue weighted by Gasteiger charge is -2.32. The Morgan fingerprint density at radius 2 is 1.75 bits per heavy atom. The van der Waals surface area contributed by atoms with Crippen molar-refractivity contribution in [3.8, 4) is 0 Å². The summed E-state index contributed by atoms with van der Waals surface area (Å²) in [7, 11) is 0. The molecule has 0 aliphatic carbocycles. The summed E-state index contributed by atoms with van der Waals surface area (Å²) in [5, 5.41) is 12.0. The van der Waals surface area contributed by atoms with Gasteiger partial charge in [0.15, 0.2) is 0 Å². The summed E-state index contributed by atoms with van der Waals surface area (Å²) in [4.78, 5) is 23.5. The Bertz CT molecular complexity index is 369. The molecule has 0 atom stereocenters. The molecule has 2 N–H and O–H groups in total. The average Bonchev–Trinajstić information content (AvgIpc) is 2.33. The number of alkyl halides is 3. The highest BCUT2D eigenvalue weighted by molar-refractivity contribution is 5.83. The molecule has 5 nitrogen and oxygen atoms in total.